The van der Waals surface area contributed by atoms with Crippen molar-refractivity contribution in [3.63, 3.8) is 0 Å². The highest BCUT2D eigenvalue weighted by Crippen LogP contribution is 2.31. The molecule has 0 radical (unpaired) electrons. The highest BCUT2D eigenvalue weighted by molar-refractivity contribution is 7.98. The van der Waals surface area contributed by atoms with E-state index >= 15 is 0 Å². The molecule has 0 spiro atoms. The van der Waals surface area contributed by atoms with Crippen LogP contribution in [0.3, 0.4) is 0 Å². The molecule has 0 aliphatic carbocycles. The second-order valence-electron chi connectivity index (χ2n) is 4.43. The van der Waals surface area contributed by atoms with E-state index in [9.17, 15) is 0 Å². The van der Waals surface area contributed by atoms with E-state index in [4.69, 9.17) is 17.3 Å². The van der Waals surface area contributed by atoms with E-state index < -0.39 is 0 Å². The van der Waals surface area contributed by atoms with Crippen LogP contribution in [0.15, 0.2) is 53.4 Å². The second kappa shape index (κ2) is 6.99. The van der Waals surface area contributed by atoms with Crippen LogP contribution >= 0.6 is 23.4 Å². The van der Waals surface area contributed by atoms with Crippen LogP contribution < -0.4 is 5.73 Å². The number of hydrogen-bond acceptors (Lipinski definition) is 2. The van der Waals surface area contributed by atoms with E-state index in [2.05, 4.69) is 31.2 Å². The lowest BCUT2D eigenvalue weighted by atomic mass is 10.1. The Balaban J connectivity index is 2.14. The summed E-state index contributed by atoms with van der Waals surface area (Å²) in [4.78, 5) is 1.25. The maximum atomic E-state index is 6.18. The molecule has 2 aromatic rings. The van der Waals surface area contributed by atoms with Crippen LogP contribution in [0.4, 0.5) is 0 Å². The SMILES string of the molecule is CCC(N)c1ccccc1SCc1ccccc1Cl. The molecule has 0 saturated heterocycles. The van der Waals surface area contributed by atoms with E-state index in [0.29, 0.717) is 0 Å². The third-order valence-corrected chi connectivity index (χ3v) is 4.61. The minimum Gasteiger partial charge on any atom is -0.324 e. The zero-order valence-electron chi connectivity index (χ0n) is 11.0. The molecule has 2 rings (SSSR count). The third kappa shape index (κ3) is 3.75. The molecule has 0 aliphatic heterocycles. The number of halogens is 1. The van der Waals surface area contributed by atoms with Crippen LogP contribution in [-0.4, -0.2) is 0 Å². The van der Waals surface area contributed by atoms with E-state index in [-0.39, 0.29) is 6.04 Å². The number of thioether (sulfide) groups is 1. The van der Waals surface area contributed by atoms with Gasteiger partial charge in [0.25, 0.3) is 0 Å². The number of nitrogens with two attached hydrogens (primary N) is 1. The van der Waals surface area contributed by atoms with Gasteiger partial charge in [-0.15, -0.1) is 11.8 Å². The van der Waals surface area contributed by atoms with Crippen molar-refractivity contribution in [3.8, 4) is 0 Å². The molecule has 19 heavy (non-hydrogen) atoms. The minimum atomic E-state index is 0.106. The molecular formula is C16H18ClNS. The fourth-order valence-corrected chi connectivity index (χ4v) is 3.31. The van der Waals surface area contributed by atoms with Gasteiger partial charge in [-0.3, -0.25) is 0 Å². The van der Waals surface area contributed by atoms with Crippen molar-refractivity contribution in [2.45, 2.75) is 30.0 Å². The second-order valence-corrected chi connectivity index (χ2v) is 5.86. The molecule has 1 atom stereocenters. The highest BCUT2D eigenvalue weighted by Gasteiger charge is 2.09. The van der Waals surface area contributed by atoms with Crippen molar-refractivity contribution in [2.75, 3.05) is 0 Å². The fourth-order valence-electron chi connectivity index (χ4n) is 1.91. The summed E-state index contributed by atoms with van der Waals surface area (Å²) in [6, 6.07) is 16.4. The normalized spacial score (nSPS) is 12.4. The van der Waals surface area contributed by atoms with Crippen molar-refractivity contribution in [3.05, 3.63) is 64.7 Å². The highest BCUT2D eigenvalue weighted by atomic mass is 35.5. The maximum Gasteiger partial charge on any atom is 0.0446 e. The average molecular weight is 292 g/mol. The van der Waals surface area contributed by atoms with Crippen molar-refractivity contribution in [1.82, 2.24) is 0 Å². The van der Waals surface area contributed by atoms with Crippen LogP contribution in [0.25, 0.3) is 0 Å². The fraction of sp³-hybridized carbons (Fsp3) is 0.250. The van der Waals surface area contributed by atoms with Crippen molar-refractivity contribution < 1.29 is 0 Å². The molecule has 0 bridgehead atoms. The Hall–Kier alpha value is -0.960. The van der Waals surface area contributed by atoms with Gasteiger partial charge in [-0.2, -0.15) is 0 Å². The topological polar surface area (TPSA) is 26.0 Å². The first-order valence-electron chi connectivity index (χ1n) is 6.43. The van der Waals surface area contributed by atoms with Gasteiger partial charge in [0, 0.05) is 21.7 Å². The third-order valence-electron chi connectivity index (χ3n) is 3.10. The first kappa shape index (κ1) is 14.4. The molecule has 0 amide bonds. The summed E-state index contributed by atoms with van der Waals surface area (Å²) in [7, 11) is 0. The smallest absolute Gasteiger partial charge is 0.0446 e. The average Bonchev–Trinajstić information content (AvgIpc) is 2.46. The van der Waals surface area contributed by atoms with Gasteiger partial charge in [-0.25, -0.2) is 0 Å². The van der Waals surface area contributed by atoms with Gasteiger partial charge in [-0.1, -0.05) is 54.9 Å². The zero-order valence-corrected chi connectivity index (χ0v) is 12.5. The summed E-state index contributed by atoms with van der Waals surface area (Å²) in [6.07, 6.45) is 0.948. The molecule has 2 aromatic carbocycles. The molecule has 3 heteroatoms. The molecule has 0 aromatic heterocycles. The van der Waals surface area contributed by atoms with Gasteiger partial charge in [-0.05, 0) is 29.7 Å². The van der Waals surface area contributed by atoms with Crippen molar-refractivity contribution in [2.24, 2.45) is 5.73 Å². The lowest BCUT2D eigenvalue weighted by Gasteiger charge is -2.14. The molecule has 0 fully saturated rings. The molecule has 1 unspecified atom stereocenters. The Bertz CT molecular complexity index is 542. The van der Waals surface area contributed by atoms with Gasteiger partial charge in [0.1, 0.15) is 0 Å². The Morgan fingerprint density at radius 2 is 1.79 bits per heavy atom. The van der Waals surface area contributed by atoms with Gasteiger partial charge < -0.3 is 5.73 Å². The lowest BCUT2D eigenvalue weighted by Crippen LogP contribution is -2.09. The summed E-state index contributed by atoms with van der Waals surface area (Å²) in [5.41, 5.74) is 8.54. The standard InChI is InChI=1S/C16H18ClNS/c1-2-15(18)13-8-4-6-10-16(13)19-11-12-7-3-5-9-14(12)17/h3-10,15H,2,11,18H2,1H3. The van der Waals surface area contributed by atoms with E-state index in [1.165, 1.54) is 10.5 Å². The Morgan fingerprint density at radius 3 is 2.53 bits per heavy atom. The van der Waals surface area contributed by atoms with Gasteiger partial charge in [0.15, 0.2) is 0 Å². The molecular weight excluding hydrogens is 274 g/mol. The van der Waals surface area contributed by atoms with Crippen LogP contribution in [-0.2, 0) is 5.75 Å². The molecule has 2 N–H and O–H groups in total. The zero-order chi connectivity index (χ0) is 13.7. The quantitative estimate of drug-likeness (QED) is 0.781. The molecule has 0 saturated carbocycles. The van der Waals surface area contributed by atoms with Gasteiger partial charge in [0.2, 0.25) is 0 Å². The van der Waals surface area contributed by atoms with Gasteiger partial charge >= 0.3 is 0 Å². The first-order chi connectivity index (χ1) is 9.22. The van der Waals surface area contributed by atoms with Crippen LogP contribution in [0.1, 0.15) is 30.5 Å². The summed E-state index contributed by atoms with van der Waals surface area (Å²) in [5, 5.41) is 0.826. The number of benzene rings is 2. The minimum absolute atomic E-state index is 0.106. The summed E-state index contributed by atoms with van der Waals surface area (Å²) in [5.74, 6) is 0.868. The Kier molecular flexibility index (Phi) is 5.32. The summed E-state index contributed by atoms with van der Waals surface area (Å²) >= 11 is 7.98. The maximum absolute atomic E-state index is 6.18. The molecule has 1 nitrogen and oxygen atoms in total. The van der Waals surface area contributed by atoms with E-state index in [1.807, 2.05) is 24.3 Å². The van der Waals surface area contributed by atoms with Crippen molar-refractivity contribution in [1.29, 1.82) is 0 Å². The van der Waals surface area contributed by atoms with E-state index in [0.717, 1.165) is 22.8 Å². The summed E-state index contributed by atoms with van der Waals surface area (Å²) in [6.45, 7) is 2.11. The van der Waals surface area contributed by atoms with Crippen LogP contribution in [0.2, 0.25) is 5.02 Å². The van der Waals surface area contributed by atoms with Crippen molar-refractivity contribution >= 4 is 23.4 Å². The monoisotopic (exact) mass is 291 g/mol. The molecule has 0 heterocycles. The Morgan fingerprint density at radius 1 is 1.11 bits per heavy atom. The number of rotatable bonds is 5. The van der Waals surface area contributed by atoms with E-state index in [1.54, 1.807) is 11.8 Å². The van der Waals surface area contributed by atoms with Crippen LogP contribution in [0.5, 0.6) is 0 Å². The molecule has 100 valence electrons. The van der Waals surface area contributed by atoms with Crippen LogP contribution in [0, 0.1) is 0 Å². The lowest BCUT2D eigenvalue weighted by molar-refractivity contribution is 0.685. The predicted octanol–water partition coefficient (Wildman–Crippen LogP) is 5.04. The first-order valence-corrected chi connectivity index (χ1v) is 7.79. The molecule has 0 aliphatic rings. The summed E-state index contributed by atoms with van der Waals surface area (Å²) < 4.78 is 0. The largest absolute Gasteiger partial charge is 0.324 e. The predicted molar refractivity (Wildman–Crippen MR) is 84.7 cm³/mol. The van der Waals surface area contributed by atoms with Gasteiger partial charge in [0.05, 0.1) is 0 Å². The number of hydrogen-bond donors (Lipinski definition) is 1. The Labute approximate surface area is 124 Å².